The normalized spacial score (nSPS) is 22.1. The number of rotatable bonds is 0. The molecule has 1 aliphatic carbocycles. The zero-order chi connectivity index (χ0) is 11.1. The maximum Gasteiger partial charge on any atom is 0.485 e. The lowest BCUT2D eigenvalue weighted by Crippen LogP contribution is -2.38. The van der Waals surface area contributed by atoms with E-state index in [1.54, 1.807) is 0 Å². The molecule has 0 spiro atoms. The third-order valence-electron chi connectivity index (χ3n) is 2.45. The number of aliphatic imine (C=N–C) groups is 1. The molecule has 0 saturated heterocycles. The van der Waals surface area contributed by atoms with Gasteiger partial charge in [0.25, 0.3) is 0 Å². The summed E-state index contributed by atoms with van der Waals surface area (Å²) in [6, 6.07) is 0. The average molecular weight is 218 g/mol. The zero-order valence-corrected chi connectivity index (χ0v) is 7.84. The highest BCUT2D eigenvalue weighted by atomic mass is 19.4. The molecule has 1 saturated carbocycles. The monoisotopic (exact) mass is 218 g/mol. The van der Waals surface area contributed by atoms with E-state index in [1.807, 2.05) is 0 Å². The minimum atomic E-state index is -4.41. The summed E-state index contributed by atoms with van der Waals surface area (Å²) in [7, 11) is 0. The number of hydrogen-bond donors (Lipinski definition) is 0. The number of hydrogen-bond acceptors (Lipinski definition) is 3. The molecule has 15 heavy (non-hydrogen) atoms. The molecule has 2 rings (SSSR count). The van der Waals surface area contributed by atoms with Crippen LogP contribution in [0.25, 0.3) is 0 Å². The standard InChI is InChI=1S/C9H9F3N2O/c10-9(11,12)14-4-6-3-7(15)1-2-8(6)13-5-14/h4H,1-3,5H2. The van der Waals surface area contributed by atoms with Crippen LogP contribution in [0.15, 0.2) is 16.8 Å². The molecule has 0 aromatic heterocycles. The van der Waals surface area contributed by atoms with Gasteiger partial charge in [-0.25, -0.2) is 0 Å². The molecule has 0 radical (unpaired) electrons. The van der Waals surface area contributed by atoms with E-state index >= 15 is 0 Å². The van der Waals surface area contributed by atoms with Crippen LogP contribution >= 0.6 is 0 Å². The molecule has 1 aliphatic heterocycles. The molecule has 3 nitrogen and oxygen atoms in total. The summed E-state index contributed by atoms with van der Waals surface area (Å²) in [5, 5.41) is 0. The third kappa shape index (κ3) is 2.03. The molecule has 2 aliphatic rings. The Bertz CT molecular complexity index is 357. The van der Waals surface area contributed by atoms with Gasteiger partial charge in [0, 0.05) is 24.8 Å². The lowest BCUT2D eigenvalue weighted by atomic mass is 9.91. The number of allylic oxidation sites excluding steroid dienone is 1. The summed E-state index contributed by atoms with van der Waals surface area (Å²) >= 11 is 0. The summed E-state index contributed by atoms with van der Waals surface area (Å²) < 4.78 is 37.0. The van der Waals surface area contributed by atoms with Gasteiger partial charge in [0.1, 0.15) is 12.5 Å². The lowest BCUT2D eigenvalue weighted by molar-refractivity contribution is -0.227. The molecule has 0 unspecified atom stereocenters. The fourth-order valence-corrected chi connectivity index (χ4v) is 1.67. The number of Topliss-reactive ketones (excluding diaryl/α,β-unsaturated/α-hetero) is 1. The van der Waals surface area contributed by atoms with E-state index in [9.17, 15) is 18.0 Å². The Hall–Kier alpha value is -1.33. The van der Waals surface area contributed by atoms with Crippen molar-refractivity contribution in [1.29, 1.82) is 0 Å². The predicted molar refractivity (Wildman–Crippen MR) is 47.1 cm³/mol. The quantitative estimate of drug-likeness (QED) is 0.581. The Morgan fingerprint density at radius 1 is 1.33 bits per heavy atom. The van der Waals surface area contributed by atoms with Gasteiger partial charge in [-0.2, -0.15) is 13.2 Å². The van der Waals surface area contributed by atoms with Gasteiger partial charge < -0.3 is 0 Å². The van der Waals surface area contributed by atoms with Crippen molar-refractivity contribution in [1.82, 2.24) is 4.90 Å². The van der Waals surface area contributed by atoms with E-state index in [0.717, 1.165) is 6.20 Å². The van der Waals surface area contributed by atoms with Crippen molar-refractivity contribution in [3.63, 3.8) is 0 Å². The number of fused-ring (bicyclic) bond motifs is 1. The van der Waals surface area contributed by atoms with E-state index < -0.39 is 13.0 Å². The van der Waals surface area contributed by atoms with Crippen LogP contribution in [0.1, 0.15) is 19.3 Å². The van der Waals surface area contributed by atoms with Crippen molar-refractivity contribution in [2.24, 2.45) is 4.99 Å². The predicted octanol–water partition coefficient (Wildman–Crippen LogP) is 1.86. The molecule has 6 heteroatoms. The first-order valence-corrected chi connectivity index (χ1v) is 4.56. The van der Waals surface area contributed by atoms with Gasteiger partial charge in [0.15, 0.2) is 0 Å². The van der Waals surface area contributed by atoms with Gasteiger partial charge in [-0.05, 0) is 12.0 Å². The van der Waals surface area contributed by atoms with E-state index in [1.165, 1.54) is 0 Å². The summed E-state index contributed by atoms with van der Waals surface area (Å²) in [6.45, 7) is -0.392. The summed E-state index contributed by atoms with van der Waals surface area (Å²) in [5.41, 5.74) is 1.06. The highest BCUT2D eigenvalue weighted by Crippen LogP contribution is 2.28. The first-order valence-electron chi connectivity index (χ1n) is 4.56. The molecule has 0 aromatic carbocycles. The number of ketones is 1. The lowest BCUT2D eigenvalue weighted by Gasteiger charge is -2.29. The van der Waals surface area contributed by atoms with E-state index in [4.69, 9.17) is 0 Å². The topological polar surface area (TPSA) is 32.7 Å². The molecular formula is C9H9F3N2O. The Morgan fingerprint density at radius 2 is 2.07 bits per heavy atom. The average Bonchev–Trinajstić information content (AvgIpc) is 2.15. The second kappa shape index (κ2) is 3.36. The second-order valence-electron chi connectivity index (χ2n) is 3.55. The van der Waals surface area contributed by atoms with Crippen molar-refractivity contribution in [2.45, 2.75) is 25.6 Å². The molecule has 0 aromatic rings. The van der Waals surface area contributed by atoms with Crippen molar-refractivity contribution in [2.75, 3.05) is 6.67 Å². The van der Waals surface area contributed by atoms with Crippen LogP contribution in [-0.2, 0) is 4.79 Å². The van der Waals surface area contributed by atoms with Crippen molar-refractivity contribution in [3.8, 4) is 0 Å². The van der Waals surface area contributed by atoms with Crippen molar-refractivity contribution < 1.29 is 18.0 Å². The largest absolute Gasteiger partial charge is 0.485 e. The van der Waals surface area contributed by atoms with Crippen LogP contribution < -0.4 is 0 Å². The van der Waals surface area contributed by atoms with Crippen LogP contribution in [0, 0.1) is 0 Å². The van der Waals surface area contributed by atoms with Crippen LogP contribution in [0.3, 0.4) is 0 Å². The molecule has 0 amide bonds. The molecule has 0 bridgehead atoms. The summed E-state index contributed by atoms with van der Waals surface area (Å²) in [5.74, 6) is -0.0239. The first kappa shape index (κ1) is 10.2. The SMILES string of the molecule is O=C1CCC2=NCN(C(F)(F)F)C=C2C1. The maximum atomic E-state index is 12.3. The molecule has 1 fully saturated rings. The number of carbonyl (C=O) groups is 1. The van der Waals surface area contributed by atoms with E-state index in [0.29, 0.717) is 24.1 Å². The maximum absolute atomic E-state index is 12.3. The van der Waals surface area contributed by atoms with Crippen molar-refractivity contribution >= 4 is 11.5 Å². The number of carbonyl (C=O) groups excluding carboxylic acids is 1. The van der Waals surface area contributed by atoms with Gasteiger partial charge in [0.2, 0.25) is 0 Å². The summed E-state index contributed by atoms with van der Waals surface area (Å²) in [6.07, 6.45) is -2.48. The summed E-state index contributed by atoms with van der Waals surface area (Å²) in [4.78, 5) is 15.1. The second-order valence-corrected chi connectivity index (χ2v) is 3.55. The molecule has 82 valence electrons. The molecule has 1 heterocycles. The first-order chi connectivity index (χ1) is 6.97. The molecule has 0 atom stereocenters. The van der Waals surface area contributed by atoms with Crippen LogP contribution in [0.2, 0.25) is 0 Å². The Kier molecular flexibility index (Phi) is 2.28. The van der Waals surface area contributed by atoms with Gasteiger partial charge in [-0.1, -0.05) is 0 Å². The zero-order valence-electron chi connectivity index (χ0n) is 7.84. The highest BCUT2D eigenvalue weighted by molar-refractivity contribution is 6.08. The molecular weight excluding hydrogens is 209 g/mol. The minimum absolute atomic E-state index is 0.0239. The molecule has 0 N–H and O–H groups in total. The number of halogens is 3. The highest BCUT2D eigenvalue weighted by Gasteiger charge is 2.37. The van der Waals surface area contributed by atoms with Gasteiger partial charge >= 0.3 is 6.30 Å². The van der Waals surface area contributed by atoms with Crippen molar-refractivity contribution in [3.05, 3.63) is 11.8 Å². The number of alkyl halides is 3. The Balaban J connectivity index is 2.21. The van der Waals surface area contributed by atoms with Gasteiger partial charge in [-0.3, -0.25) is 14.7 Å². The Labute approximate surface area is 84.3 Å². The minimum Gasteiger partial charge on any atom is -0.299 e. The fourth-order valence-electron chi connectivity index (χ4n) is 1.67. The van der Waals surface area contributed by atoms with Crippen LogP contribution in [-0.4, -0.2) is 29.4 Å². The van der Waals surface area contributed by atoms with E-state index in [2.05, 4.69) is 4.99 Å². The van der Waals surface area contributed by atoms with Crippen LogP contribution in [0.5, 0.6) is 0 Å². The van der Waals surface area contributed by atoms with Gasteiger partial charge in [-0.15, -0.1) is 0 Å². The fraction of sp³-hybridized carbons (Fsp3) is 0.556. The van der Waals surface area contributed by atoms with Crippen LogP contribution in [0.4, 0.5) is 13.2 Å². The van der Waals surface area contributed by atoms with Gasteiger partial charge in [0.05, 0.1) is 0 Å². The smallest absolute Gasteiger partial charge is 0.299 e. The Morgan fingerprint density at radius 3 is 2.73 bits per heavy atom. The third-order valence-corrected chi connectivity index (χ3v) is 2.45. The number of nitrogens with zero attached hydrogens (tertiary/aromatic N) is 2. The van der Waals surface area contributed by atoms with E-state index in [-0.39, 0.29) is 17.1 Å².